The highest BCUT2D eigenvalue weighted by molar-refractivity contribution is 5.91. The monoisotopic (exact) mass is 406 g/mol. The molecule has 0 atom stereocenters. The van der Waals surface area contributed by atoms with Gasteiger partial charge in [-0.2, -0.15) is 5.10 Å². The van der Waals surface area contributed by atoms with Crippen molar-refractivity contribution in [2.75, 3.05) is 5.43 Å². The molecule has 0 saturated carbocycles. The lowest BCUT2D eigenvalue weighted by atomic mass is 10.2. The average Bonchev–Trinajstić information content (AvgIpc) is 2.75. The second-order valence-electron chi connectivity index (χ2n) is 5.91. The summed E-state index contributed by atoms with van der Waals surface area (Å²) in [7, 11) is 0. The first-order valence-electron chi connectivity index (χ1n) is 8.53. The van der Waals surface area contributed by atoms with Gasteiger partial charge in [0, 0.05) is 6.07 Å². The summed E-state index contributed by atoms with van der Waals surface area (Å²) in [5, 5.41) is 25.8. The third-order valence-corrected chi connectivity index (χ3v) is 3.89. The summed E-state index contributed by atoms with van der Waals surface area (Å²) < 4.78 is 5.27. The van der Waals surface area contributed by atoms with Crippen molar-refractivity contribution in [2.45, 2.75) is 0 Å². The number of rotatable bonds is 7. The molecule has 0 heterocycles. The molecule has 0 spiro atoms. The van der Waals surface area contributed by atoms with Crippen molar-refractivity contribution in [3.8, 4) is 5.75 Å². The lowest BCUT2D eigenvalue weighted by Gasteiger charge is -2.04. The number of hydrazone groups is 1. The van der Waals surface area contributed by atoms with Crippen LogP contribution in [0, 0.1) is 20.2 Å². The number of carbonyl (C=O) groups is 1. The Labute approximate surface area is 169 Å². The summed E-state index contributed by atoms with van der Waals surface area (Å²) in [5.74, 6) is -0.135. The van der Waals surface area contributed by atoms with Gasteiger partial charge in [-0.15, -0.1) is 0 Å². The smallest absolute Gasteiger partial charge is 0.343 e. The van der Waals surface area contributed by atoms with Crippen LogP contribution in [-0.2, 0) is 0 Å². The Kier molecular flexibility index (Phi) is 6.08. The molecule has 0 amide bonds. The summed E-state index contributed by atoms with van der Waals surface area (Å²) in [4.78, 5) is 32.4. The molecule has 0 aliphatic carbocycles. The summed E-state index contributed by atoms with van der Waals surface area (Å²) in [6.45, 7) is 0. The zero-order valence-electron chi connectivity index (χ0n) is 15.3. The van der Waals surface area contributed by atoms with Crippen LogP contribution in [0.5, 0.6) is 5.75 Å². The minimum Gasteiger partial charge on any atom is -0.423 e. The van der Waals surface area contributed by atoms with Gasteiger partial charge in [0.05, 0.1) is 27.7 Å². The van der Waals surface area contributed by atoms with Crippen LogP contribution in [0.2, 0.25) is 0 Å². The van der Waals surface area contributed by atoms with Gasteiger partial charge in [0.2, 0.25) is 0 Å². The fraction of sp³-hybridized carbons (Fsp3) is 0. The summed E-state index contributed by atoms with van der Waals surface area (Å²) in [5.41, 5.74) is 2.71. The normalized spacial score (nSPS) is 10.5. The number of esters is 1. The predicted molar refractivity (Wildman–Crippen MR) is 109 cm³/mol. The van der Waals surface area contributed by atoms with E-state index >= 15 is 0 Å². The molecule has 0 unspecified atom stereocenters. The zero-order valence-corrected chi connectivity index (χ0v) is 15.3. The summed E-state index contributed by atoms with van der Waals surface area (Å²) in [6, 6.07) is 18.2. The summed E-state index contributed by atoms with van der Waals surface area (Å²) >= 11 is 0. The van der Waals surface area contributed by atoms with Crippen LogP contribution in [0.1, 0.15) is 15.9 Å². The van der Waals surface area contributed by atoms with E-state index in [2.05, 4.69) is 10.5 Å². The van der Waals surface area contributed by atoms with E-state index in [0.29, 0.717) is 16.9 Å². The maximum absolute atomic E-state index is 12.0. The second-order valence-corrected chi connectivity index (χ2v) is 5.91. The van der Waals surface area contributed by atoms with Crippen LogP contribution in [0.4, 0.5) is 17.1 Å². The molecule has 10 heteroatoms. The van der Waals surface area contributed by atoms with Crippen LogP contribution < -0.4 is 10.2 Å². The number of anilines is 1. The fourth-order valence-electron chi connectivity index (χ4n) is 2.42. The van der Waals surface area contributed by atoms with Gasteiger partial charge in [0.15, 0.2) is 0 Å². The van der Waals surface area contributed by atoms with Crippen molar-refractivity contribution in [1.82, 2.24) is 0 Å². The molecule has 3 rings (SSSR count). The predicted octanol–water partition coefficient (Wildman–Crippen LogP) is 4.17. The molecule has 3 aromatic rings. The maximum atomic E-state index is 12.0. The van der Waals surface area contributed by atoms with E-state index in [4.69, 9.17) is 4.74 Å². The molecule has 0 aliphatic rings. The topological polar surface area (TPSA) is 137 Å². The number of nitro groups is 2. The van der Waals surface area contributed by atoms with Crippen molar-refractivity contribution < 1.29 is 19.4 Å². The number of benzene rings is 3. The Balaban J connectivity index is 1.65. The van der Waals surface area contributed by atoms with Crippen molar-refractivity contribution >= 4 is 29.2 Å². The number of nitro benzene ring substituents is 2. The van der Waals surface area contributed by atoms with Gasteiger partial charge in [-0.25, -0.2) is 4.79 Å². The minimum absolute atomic E-state index is 0.00950. The first-order chi connectivity index (χ1) is 14.4. The number of ether oxygens (including phenoxy) is 1. The van der Waals surface area contributed by atoms with Gasteiger partial charge in [0.1, 0.15) is 11.4 Å². The number of carbonyl (C=O) groups excluding carboxylic acids is 1. The molecule has 0 fully saturated rings. The van der Waals surface area contributed by atoms with E-state index in [1.165, 1.54) is 12.3 Å². The third kappa shape index (κ3) is 5.01. The van der Waals surface area contributed by atoms with E-state index in [1.54, 1.807) is 54.6 Å². The molecule has 1 N–H and O–H groups in total. The molecule has 0 aliphatic heterocycles. The number of nitrogens with one attached hydrogen (secondary N) is 1. The highest BCUT2D eigenvalue weighted by Crippen LogP contribution is 2.28. The molecule has 0 radical (unpaired) electrons. The van der Waals surface area contributed by atoms with Gasteiger partial charge in [-0.3, -0.25) is 25.7 Å². The van der Waals surface area contributed by atoms with E-state index in [-0.39, 0.29) is 5.69 Å². The van der Waals surface area contributed by atoms with E-state index in [9.17, 15) is 25.0 Å². The molecule has 3 aromatic carbocycles. The van der Waals surface area contributed by atoms with Crippen molar-refractivity contribution in [3.63, 3.8) is 0 Å². The molecule has 0 aromatic heterocycles. The Hall–Kier alpha value is -4.60. The van der Waals surface area contributed by atoms with E-state index < -0.39 is 27.2 Å². The number of non-ortho nitro benzene ring substituents is 1. The van der Waals surface area contributed by atoms with Gasteiger partial charge in [-0.05, 0) is 48.0 Å². The largest absolute Gasteiger partial charge is 0.423 e. The molecule has 10 nitrogen and oxygen atoms in total. The molecule has 0 bridgehead atoms. The minimum atomic E-state index is -0.735. The zero-order chi connectivity index (χ0) is 21.5. The van der Waals surface area contributed by atoms with E-state index in [0.717, 1.165) is 12.1 Å². The maximum Gasteiger partial charge on any atom is 0.343 e. The molecule has 0 saturated heterocycles. The second kappa shape index (κ2) is 9.06. The van der Waals surface area contributed by atoms with Crippen LogP contribution >= 0.6 is 0 Å². The van der Waals surface area contributed by atoms with Crippen molar-refractivity contribution in [2.24, 2.45) is 5.10 Å². The third-order valence-electron chi connectivity index (χ3n) is 3.89. The Morgan fingerprint density at radius 2 is 1.63 bits per heavy atom. The van der Waals surface area contributed by atoms with Crippen molar-refractivity contribution in [3.05, 3.63) is 104 Å². The van der Waals surface area contributed by atoms with Crippen molar-refractivity contribution in [1.29, 1.82) is 0 Å². The Morgan fingerprint density at radius 1 is 0.933 bits per heavy atom. The summed E-state index contributed by atoms with van der Waals surface area (Å²) in [6.07, 6.45) is 1.40. The van der Waals surface area contributed by atoms with Crippen LogP contribution in [0.3, 0.4) is 0 Å². The number of hydrogen-bond donors (Lipinski definition) is 1. The van der Waals surface area contributed by atoms with Gasteiger partial charge in [-0.1, -0.05) is 18.2 Å². The Bertz CT molecular complexity index is 1110. The Morgan fingerprint density at radius 3 is 2.27 bits per heavy atom. The first-order valence-corrected chi connectivity index (χ1v) is 8.53. The number of nitrogens with zero attached hydrogens (tertiary/aromatic N) is 3. The van der Waals surface area contributed by atoms with Crippen LogP contribution in [0.15, 0.2) is 77.9 Å². The van der Waals surface area contributed by atoms with Crippen LogP contribution in [0.25, 0.3) is 0 Å². The van der Waals surface area contributed by atoms with E-state index in [1.807, 2.05) is 0 Å². The van der Waals surface area contributed by atoms with Gasteiger partial charge in [0.25, 0.3) is 5.69 Å². The highest BCUT2D eigenvalue weighted by Gasteiger charge is 2.19. The van der Waals surface area contributed by atoms with Gasteiger partial charge < -0.3 is 4.74 Å². The molecular weight excluding hydrogens is 392 g/mol. The SMILES string of the molecule is O=C(Oc1ccc(/C=N/Nc2ccc([N+](=O)[O-])cc2[N+](=O)[O-])cc1)c1ccccc1. The first kappa shape index (κ1) is 20.1. The lowest BCUT2D eigenvalue weighted by Crippen LogP contribution is -2.08. The molecule has 30 heavy (non-hydrogen) atoms. The lowest BCUT2D eigenvalue weighted by molar-refractivity contribution is -0.393. The molecule has 150 valence electrons. The standard InChI is InChI=1S/C20H14N4O6/c25-20(15-4-2-1-3-5-15)30-17-9-6-14(7-10-17)13-21-22-18-11-8-16(23(26)27)12-19(18)24(28)29/h1-13,22H/b21-13+. The van der Waals surface area contributed by atoms with Gasteiger partial charge >= 0.3 is 11.7 Å². The quantitative estimate of drug-likeness (QED) is 0.204. The average molecular weight is 406 g/mol. The van der Waals surface area contributed by atoms with Crippen LogP contribution in [-0.4, -0.2) is 22.0 Å². The number of hydrogen-bond acceptors (Lipinski definition) is 8. The fourth-order valence-corrected chi connectivity index (χ4v) is 2.42. The highest BCUT2D eigenvalue weighted by atomic mass is 16.6. The molecular formula is C20H14N4O6.